The monoisotopic (exact) mass is 345 g/mol. The lowest BCUT2D eigenvalue weighted by Gasteiger charge is -2.29. The number of rotatable bonds is 7. The van der Waals surface area contributed by atoms with E-state index in [1.54, 1.807) is 7.11 Å². The highest BCUT2D eigenvalue weighted by Gasteiger charge is 2.22. The Morgan fingerprint density at radius 2 is 2.04 bits per heavy atom. The number of nitrogens with zero attached hydrogens (tertiary/aromatic N) is 3. The van der Waals surface area contributed by atoms with Gasteiger partial charge in [-0.05, 0) is 19.9 Å². The maximum Gasteiger partial charge on any atom is 0.124 e. The van der Waals surface area contributed by atoms with Crippen LogP contribution in [0.15, 0.2) is 24.3 Å². The number of fused-ring (bicyclic) bond motifs is 1. The third-order valence-electron chi connectivity index (χ3n) is 4.77. The molecule has 1 N–H and O–H groups in total. The predicted molar refractivity (Wildman–Crippen MR) is 95.6 cm³/mol. The summed E-state index contributed by atoms with van der Waals surface area (Å²) < 4.78 is 13.3. The molecule has 1 aliphatic rings. The van der Waals surface area contributed by atoms with Crippen LogP contribution < -0.4 is 4.74 Å². The number of aliphatic hydroxyl groups excluding tert-OH is 1. The molecule has 25 heavy (non-hydrogen) atoms. The summed E-state index contributed by atoms with van der Waals surface area (Å²) in [6.45, 7) is 8.12. The van der Waals surface area contributed by atoms with Crippen LogP contribution in [0.1, 0.15) is 22.8 Å². The van der Waals surface area contributed by atoms with E-state index in [1.807, 2.05) is 31.2 Å². The second kappa shape index (κ2) is 7.99. The molecule has 6 nitrogen and oxygen atoms in total. The molecule has 0 saturated carbocycles. The van der Waals surface area contributed by atoms with E-state index in [9.17, 15) is 5.11 Å². The molecule has 0 aliphatic carbocycles. The molecular weight excluding hydrogens is 318 g/mol. The average molecular weight is 345 g/mol. The molecule has 0 saturated heterocycles. The van der Waals surface area contributed by atoms with Crippen LogP contribution in [0.5, 0.6) is 5.75 Å². The number of β-amino-alcohol motifs (C(OH)–C–C–N with tert-alkyl or cyclic N) is 1. The van der Waals surface area contributed by atoms with Gasteiger partial charge in [-0.15, -0.1) is 0 Å². The molecule has 1 aromatic heterocycles. The first-order valence-corrected chi connectivity index (χ1v) is 8.71. The Bertz CT molecular complexity index is 714. The summed E-state index contributed by atoms with van der Waals surface area (Å²) in [6, 6.07) is 7.77. The Hall–Kier alpha value is -1.89. The van der Waals surface area contributed by atoms with Gasteiger partial charge in [0.1, 0.15) is 11.6 Å². The number of hydrogen-bond acceptors (Lipinski definition) is 5. The first-order valence-electron chi connectivity index (χ1n) is 8.71. The molecule has 2 aromatic rings. The van der Waals surface area contributed by atoms with Crippen molar-refractivity contribution in [2.24, 2.45) is 0 Å². The van der Waals surface area contributed by atoms with Gasteiger partial charge in [0, 0.05) is 30.9 Å². The molecule has 3 rings (SSSR count). The fourth-order valence-corrected chi connectivity index (χ4v) is 3.30. The first-order chi connectivity index (χ1) is 12.1. The van der Waals surface area contributed by atoms with Gasteiger partial charge in [-0.2, -0.15) is 0 Å². The molecule has 1 atom stereocenters. The summed E-state index contributed by atoms with van der Waals surface area (Å²) in [5, 5.41) is 10.3. The van der Waals surface area contributed by atoms with Gasteiger partial charge >= 0.3 is 0 Å². The van der Waals surface area contributed by atoms with E-state index in [0.29, 0.717) is 19.8 Å². The van der Waals surface area contributed by atoms with Crippen LogP contribution in [0.3, 0.4) is 0 Å². The second-order valence-electron chi connectivity index (χ2n) is 6.57. The van der Waals surface area contributed by atoms with Gasteiger partial charge in [-0.25, -0.2) is 4.98 Å². The van der Waals surface area contributed by atoms with Crippen molar-refractivity contribution in [3.8, 4) is 5.75 Å². The first kappa shape index (κ1) is 17.9. The summed E-state index contributed by atoms with van der Waals surface area (Å²) >= 11 is 0. The zero-order valence-electron chi connectivity index (χ0n) is 15.2. The number of imidazole rings is 1. The van der Waals surface area contributed by atoms with Crippen molar-refractivity contribution in [2.45, 2.75) is 39.6 Å². The Kier molecular flexibility index (Phi) is 5.73. The summed E-state index contributed by atoms with van der Waals surface area (Å²) in [7, 11) is 1.65. The lowest BCUT2D eigenvalue weighted by Crippen LogP contribution is -2.40. The van der Waals surface area contributed by atoms with Crippen LogP contribution in [0.25, 0.3) is 0 Å². The van der Waals surface area contributed by atoms with Gasteiger partial charge in [0.25, 0.3) is 0 Å². The molecule has 6 heteroatoms. The molecule has 0 fully saturated rings. The fraction of sp³-hybridized carbons (Fsp3) is 0.526. The van der Waals surface area contributed by atoms with E-state index >= 15 is 0 Å². The Morgan fingerprint density at radius 1 is 1.24 bits per heavy atom. The summed E-state index contributed by atoms with van der Waals surface area (Å²) in [4.78, 5) is 6.86. The molecule has 0 unspecified atom stereocenters. The molecule has 136 valence electrons. The zero-order chi connectivity index (χ0) is 17.8. The van der Waals surface area contributed by atoms with Gasteiger partial charge in [-0.1, -0.05) is 18.2 Å². The van der Waals surface area contributed by atoms with Crippen molar-refractivity contribution in [1.82, 2.24) is 14.5 Å². The van der Waals surface area contributed by atoms with Gasteiger partial charge in [0.2, 0.25) is 0 Å². The molecule has 2 heterocycles. The van der Waals surface area contributed by atoms with Crippen molar-refractivity contribution < 1.29 is 14.6 Å². The highest BCUT2D eigenvalue weighted by molar-refractivity contribution is 5.32. The van der Waals surface area contributed by atoms with E-state index in [-0.39, 0.29) is 0 Å². The van der Waals surface area contributed by atoms with E-state index < -0.39 is 6.10 Å². The van der Waals surface area contributed by atoms with E-state index in [4.69, 9.17) is 9.47 Å². The normalized spacial score (nSPS) is 15.8. The predicted octanol–water partition coefficient (Wildman–Crippen LogP) is 1.90. The van der Waals surface area contributed by atoms with Crippen LogP contribution in [0, 0.1) is 13.8 Å². The van der Waals surface area contributed by atoms with E-state index in [2.05, 4.69) is 21.4 Å². The van der Waals surface area contributed by atoms with Gasteiger partial charge in [0.05, 0.1) is 38.7 Å². The summed E-state index contributed by atoms with van der Waals surface area (Å²) in [5.41, 5.74) is 3.33. The smallest absolute Gasteiger partial charge is 0.124 e. The number of hydrogen-bond donors (Lipinski definition) is 1. The average Bonchev–Trinajstić information content (AvgIpc) is 2.89. The molecular formula is C19H27N3O3. The molecule has 0 amide bonds. The van der Waals surface area contributed by atoms with E-state index in [1.165, 1.54) is 5.69 Å². The summed E-state index contributed by atoms with van der Waals surface area (Å²) in [5.74, 6) is 1.90. The molecule has 1 aromatic carbocycles. The molecule has 1 aliphatic heterocycles. The Labute approximate surface area is 149 Å². The van der Waals surface area contributed by atoms with Gasteiger partial charge in [0.15, 0.2) is 0 Å². The number of aryl methyl sites for hydroxylation is 1. The van der Waals surface area contributed by atoms with Crippen LogP contribution in [0.2, 0.25) is 0 Å². The number of benzene rings is 1. The van der Waals surface area contributed by atoms with Gasteiger partial charge < -0.3 is 19.1 Å². The van der Waals surface area contributed by atoms with E-state index in [0.717, 1.165) is 42.5 Å². The maximum absolute atomic E-state index is 10.3. The van der Waals surface area contributed by atoms with Crippen molar-refractivity contribution >= 4 is 0 Å². The lowest BCUT2D eigenvalue weighted by molar-refractivity contribution is 0.00492. The Morgan fingerprint density at radius 3 is 2.84 bits per heavy atom. The quantitative estimate of drug-likeness (QED) is 0.831. The fourth-order valence-electron chi connectivity index (χ4n) is 3.30. The number of methoxy groups -OCH3 is 1. The standard InChI is InChI=1S/C19H27N3O3/c1-14-15(2)22-9-8-21(11-19(22)20-14)10-17(23)13-25-12-16-6-4-5-7-18(16)24-3/h4-7,17,23H,8-13H2,1-3H3/t17-/m0/s1. The number of aromatic nitrogens is 2. The third kappa shape index (κ3) is 4.21. The molecule has 0 bridgehead atoms. The molecule has 0 spiro atoms. The largest absolute Gasteiger partial charge is 0.496 e. The SMILES string of the molecule is COc1ccccc1COC[C@@H](O)CN1CCn2c(nc(C)c2C)C1. The highest BCUT2D eigenvalue weighted by atomic mass is 16.5. The highest BCUT2D eigenvalue weighted by Crippen LogP contribution is 2.19. The number of aliphatic hydroxyl groups is 1. The number of ether oxygens (including phenoxy) is 2. The summed E-state index contributed by atoms with van der Waals surface area (Å²) in [6.07, 6.45) is -0.515. The van der Waals surface area contributed by atoms with Crippen molar-refractivity contribution in [1.29, 1.82) is 0 Å². The number of para-hydroxylation sites is 1. The zero-order valence-corrected chi connectivity index (χ0v) is 15.2. The second-order valence-corrected chi connectivity index (χ2v) is 6.57. The minimum Gasteiger partial charge on any atom is -0.496 e. The molecule has 0 radical (unpaired) electrons. The van der Waals surface area contributed by atoms with Crippen LogP contribution >= 0.6 is 0 Å². The minimum absolute atomic E-state index is 0.307. The van der Waals surface area contributed by atoms with Crippen molar-refractivity contribution in [3.05, 3.63) is 47.0 Å². The topological polar surface area (TPSA) is 59.8 Å². The Balaban J connectivity index is 1.46. The third-order valence-corrected chi connectivity index (χ3v) is 4.77. The lowest BCUT2D eigenvalue weighted by atomic mass is 10.2. The van der Waals surface area contributed by atoms with Gasteiger partial charge in [-0.3, -0.25) is 4.90 Å². The maximum atomic E-state index is 10.3. The minimum atomic E-state index is -0.515. The van der Waals surface area contributed by atoms with Crippen molar-refractivity contribution in [2.75, 3.05) is 26.8 Å². The van der Waals surface area contributed by atoms with Crippen LogP contribution in [0.4, 0.5) is 0 Å². The van der Waals surface area contributed by atoms with Crippen LogP contribution in [-0.2, 0) is 24.4 Å². The van der Waals surface area contributed by atoms with Crippen molar-refractivity contribution in [3.63, 3.8) is 0 Å². The van der Waals surface area contributed by atoms with Crippen LogP contribution in [-0.4, -0.2) is 52.5 Å².